The van der Waals surface area contributed by atoms with Crippen molar-refractivity contribution in [3.05, 3.63) is 0 Å². The molecule has 1 aliphatic heterocycles. The lowest BCUT2D eigenvalue weighted by Gasteiger charge is -2.29. The molecule has 3 nitrogen and oxygen atoms in total. The Balaban J connectivity index is 2.15. The summed E-state index contributed by atoms with van der Waals surface area (Å²) in [7, 11) is 2.14. The summed E-state index contributed by atoms with van der Waals surface area (Å²) in [5.41, 5.74) is 0. The number of carbonyl (C=O) groups excluding carboxylic acids is 1. The van der Waals surface area contributed by atoms with E-state index in [4.69, 9.17) is 0 Å². The van der Waals surface area contributed by atoms with Gasteiger partial charge in [-0.1, -0.05) is 13.8 Å². The quantitative estimate of drug-likeness (QED) is 0.768. The van der Waals surface area contributed by atoms with Crippen molar-refractivity contribution in [1.29, 1.82) is 0 Å². The van der Waals surface area contributed by atoms with Crippen molar-refractivity contribution in [2.75, 3.05) is 20.1 Å². The van der Waals surface area contributed by atoms with Gasteiger partial charge in [0.05, 0.1) is 0 Å². The summed E-state index contributed by atoms with van der Waals surface area (Å²) >= 11 is 0. The highest BCUT2D eigenvalue weighted by Crippen LogP contribution is 2.09. The number of piperidine rings is 1. The molecule has 1 amide bonds. The molecule has 1 N–H and O–H groups in total. The second-order valence-corrected chi connectivity index (χ2v) is 5.08. The minimum absolute atomic E-state index is 0.234. The van der Waals surface area contributed by atoms with Gasteiger partial charge in [0, 0.05) is 12.5 Å². The predicted octanol–water partition coefficient (Wildman–Crippen LogP) is 1.63. The van der Waals surface area contributed by atoms with Gasteiger partial charge in [0.1, 0.15) is 0 Å². The highest BCUT2D eigenvalue weighted by Gasteiger charge is 2.18. The van der Waals surface area contributed by atoms with Crippen molar-refractivity contribution in [2.45, 2.75) is 45.6 Å². The van der Waals surface area contributed by atoms with E-state index in [1.54, 1.807) is 0 Å². The Morgan fingerprint density at radius 3 is 2.53 bits per heavy atom. The summed E-state index contributed by atoms with van der Waals surface area (Å²) < 4.78 is 0. The number of nitrogens with zero attached hydrogens (tertiary/aromatic N) is 1. The maximum Gasteiger partial charge on any atom is 0.220 e. The first kappa shape index (κ1) is 12.5. The molecule has 1 fully saturated rings. The van der Waals surface area contributed by atoms with Gasteiger partial charge in [-0.05, 0) is 45.3 Å². The number of likely N-dealkylation sites (tertiary alicyclic amines) is 1. The fourth-order valence-electron chi connectivity index (χ4n) is 1.87. The smallest absolute Gasteiger partial charge is 0.220 e. The van der Waals surface area contributed by atoms with Crippen LogP contribution in [0.4, 0.5) is 0 Å². The third kappa shape index (κ3) is 5.17. The zero-order valence-electron chi connectivity index (χ0n) is 10.3. The number of hydrogen-bond donors (Lipinski definition) is 1. The monoisotopic (exact) mass is 212 g/mol. The topological polar surface area (TPSA) is 32.3 Å². The molecular weight excluding hydrogens is 188 g/mol. The Kier molecular flexibility index (Phi) is 5.09. The fraction of sp³-hybridized carbons (Fsp3) is 0.917. The Hall–Kier alpha value is -0.570. The molecule has 0 aromatic rings. The molecule has 0 spiro atoms. The molecule has 15 heavy (non-hydrogen) atoms. The average molecular weight is 212 g/mol. The number of carbonyl (C=O) groups is 1. The normalized spacial score (nSPS) is 19.5. The minimum atomic E-state index is 0.234. The van der Waals surface area contributed by atoms with Gasteiger partial charge in [-0.25, -0.2) is 0 Å². The molecule has 3 heteroatoms. The van der Waals surface area contributed by atoms with E-state index in [-0.39, 0.29) is 5.91 Å². The summed E-state index contributed by atoms with van der Waals surface area (Å²) in [6, 6.07) is 0.417. The van der Waals surface area contributed by atoms with E-state index < -0.39 is 0 Å². The largest absolute Gasteiger partial charge is 0.353 e. The Morgan fingerprint density at radius 1 is 1.40 bits per heavy atom. The lowest BCUT2D eigenvalue weighted by Crippen LogP contribution is -2.43. The summed E-state index contributed by atoms with van der Waals surface area (Å²) in [5.74, 6) is 0.853. The Bertz CT molecular complexity index is 196. The summed E-state index contributed by atoms with van der Waals surface area (Å²) in [4.78, 5) is 13.9. The molecule has 1 heterocycles. The maximum atomic E-state index is 11.6. The Labute approximate surface area is 93.2 Å². The van der Waals surface area contributed by atoms with Crippen LogP contribution in [0.25, 0.3) is 0 Å². The molecule has 0 saturated carbocycles. The SMILES string of the molecule is CC(C)CCC(=O)NC1CCN(C)CC1. The highest BCUT2D eigenvalue weighted by molar-refractivity contribution is 5.76. The zero-order chi connectivity index (χ0) is 11.3. The van der Waals surface area contributed by atoms with Crippen molar-refractivity contribution in [3.8, 4) is 0 Å². The van der Waals surface area contributed by atoms with E-state index in [1.165, 1.54) is 0 Å². The molecule has 1 aliphatic rings. The van der Waals surface area contributed by atoms with Crippen LogP contribution < -0.4 is 5.32 Å². The second-order valence-electron chi connectivity index (χ2n) is 5.08. The van der Waals surface area contributed by atoms with Crippen molar-refractivity contribution >= 4 is 5.91 Å². The van der Waals surface area contributed by atoms with Crippen LogP contribution in [0.1, 0.15) is 39.5 Å². The van der Waals surface area contributed by atoms with E-state index in [1.807, 2.05) is 0 Å². The van der Waals surface area contributed by atoms with Gasteiger partial charge in [-0.3, -0.25) is 4.79 Å². The van der Waals surface area contributed by atoms with Gasteiger partial charge in [-0.2, -0.15) is 0 Å². The van der Waals surface area contributed by atoms with Crippen LogP contribution in [0.5, 0.6) is 0 Å². The molecule has 0 aromatic carbocycles. The van der Waals surface area contributed by atoms with Crippen LogP contribution in [-0.4, -0.2) is 37.0 Å². The van der Waals surface area contributed by atoms with Gasteiger partial charge in [0.2, 0.25) is 5.91 Å². The van der Waals surface area contributed by atoms with Gasteiger partial charge >= 0.3 is 0 Å². The maximum absolute atomic E-state index is 11.6. The first-order valence-corrected chi connectivity index (χ1v) is 6.06. The number of amides is 1. The fourth-order valence-corrected chi connectivity index (χ4v) is 1.87. The van der Waals surface area contributed by atoms with E-state index in [2.05, 4.69) is 31.1 Å². The van der Waals surface area contributed by atoms with Gasteiger partial charge in [0.15, 0.2) is 0 Å². The summed E-state index contributed by atoms with van der Waals surface area (Å²) in [6.45, 7) is 6.52. The number of hydrogen-bond acceptors (Lipinski definition) is 2. The van der Waals surface area contributed by atoms with Crippen molar-refractivity contribution in [1.82, 2.24) is 10.2 Å². The average Bonchev–Trinajstić information content (AvgIpc) is 2.19. The van der Waals surface area contributed by atoms with Crippen LogP contribution in [0.15, 0.2) is 0 Å². The summed E-state index contributed by atoms with van der Waals surface area (Å²) in [5, 5.41) is 3.13. The van der Waals surface area contributed by atoms with Crippen LogP contribution >= 0.6 is 0 Å². The zero-order valence-corrected chi connectivity index (χ0v) is 10.3. The molecule has 0 aromatic heterocycles. The lowest BCUT2D eigenvalue weighted by molar-refractivity contribution is -0.122. The minimum Gasteiger partial charge on any atom is -0.353 e. The van der Waals surface area contributed by atoms with Crippen molar-refractivity contribution in [3.63, 3.8) is 0 Å². The molecule has 0 radical (unpaired) electrons. The third-order valence-electron chi connectivity index (χ3n) is 3.03. The molecular formula is C12H24N2O. The van der Waals surface area contributed by atoms with Gasteiger partial charge < -0.3 is 10.2 Å². The van der Waals surface area contributed by atoms with Gasteiger partial charge in [-0.15, -0.1) is 0 Å². The van der Waals surface area contributed by atoms with E-state index in [0.29, 0.717) is 18.4 Å². The van der Waals surface area contributed by atoms with Crippen LogP contribution in [-0.2, 0) is 4.79 Å². The van der Waals surface area contributed by atoms with Gasteiger partial charge in [0.25, 0.3) is 0 Å². The van der Waals surface area contributed by atoms with E-state index >= 15 is 0 Å². The van der Waals surface area contributed by atoms with E-state index in [9.17, 15) is 4.79 Å². The molecule has 1 rings (SSSR count). The first-order chi connectivity index (χ1) is 7.08. The molecule has 0 unspecified atom stereocenters. The molecule has 0 bridgehead atoms. The van der Waals surface area contributed by atoms with E-state index in [0.717, 1.165) is 32.4 Å². The van der Waals surface area contributed by atoms with Crippen molar-refractivity contribution < 1.29 is 4.79 Å². The predicted molar refractivity (Wildman–Crippen MR) is 62.7 cm³/mol. The molecule has 0 atom stereocenters. The third-order valence-corrected chi connectivity index (χ3v) is 3.03. The number of rotatable bonds is 4. The lowest BCUT2D eigenvalue weighted by atomic mass is 10.0. The number of nitrogens with one attached hydrogen (secondary N) is 1. The van der Waals surface area contributed by atoms with Crippen LogP contribution in [0.2, 0.25) is 0 Å². The second kappa shape index (κ2) is 6.11. The Morgan fingerprint density at radius 2 is 2.00 bits per heavy atom. The van der Waals surface area contributed by atoms with Crippen LogP contribution in [0, 0.1) is 5.92 Å². The first-order valence-electron chi connectivity index (χ1n) is 6.06. The highest BCUT2D eigenvalue weighted by atomic mass is 16.1. The molecule has 1 saturated heterocycles. The van der Waals surface area contributed by atoms with Crippen molar-refractivity contribution in [2.24, 2.45) is 5.92 Å². The summed E-state index contributed by atoms with van der Waals surface area (Å²) in [6.07, 6.45) is 3.89. The standard InChI is InChI=1S/C12H24N2O/c1-10(2)4-5-12(15)13-11-6-8-14(3)9-7-11/h10-11H,4-9H2,1-3H3,(H,13,15). The van der Waals surface area contributed by atoms with Crippen LogP contribution in [0.3, 0.4) is 0 Å². The molecule has 0 aliphatic carbocycles. The molecule has 88 valence electrons.